The molecule has 0 spiro atoms. The van der Waals surface area contributed by atoms with Gasteiger partial charge in [0, 0.05) is 44.2 Å². The van der Waals surface area contributed by atoms with Gasteiger partial charge in [-0.05, 0) is 110 Å². The summed E-state index contributed by atoms with van der Waals surface area (Å²) in [6.45, 7) is 10.9. The molecule has 63 heavy (non-hydrogen) atoms. The summed E-state index contributed by atoms with van der Waals surface area (Å²) in [5, 5.41) is -0.413. The van der Waals surface area contributed by atoms with Gasteiger partial charge in [0.1, 0.15) is 11.5 Å². The van der Waals surface area contributed by atoms with Crippen molar-refractivity contribution in [3.8, 4) is 55.4 Å². The number of thiophene rings is 2. The van der Waals surface area contributed by atoms with E-state index in [0.29, 0.717) is 69.6 Å². The van der Waals surface area contributed by atoms with Gasteiger partial charge in [0.2, 0.25) is 0 Å². The molecule has 0 saturated carbocycles. The van der Waals surface area contributed by atoms with E-state index >= 15 is 35.1 Å². The molecule has 14 heteroatoms. The van der Waals surface area contributed by atoms with Gasteiger partial charge < -0.3 is 18.9 Å². The molecule has 6 aromatic rings. The molecule has 0 amide bonds. The van der Waals surface area contributed by atoms with Crippen LogP contribution in [0.5, 0.6) is 33.1 Å². The minimum Gasteiger partial charge on any atom is -0.494 e. The Morgan fingerprint density at radius 2 is 0.889 bits per heavy atom. The minimum atomic E-state index is -5.84. The Kier molecular flexibility index (Phi) is 13.2. The molecule has 1 aliphatic carbocycles. The molecule has 2 aromatic heterocycles. The van der Waals surface area contributed by atoms with Crippen LogP contribution in [0.25, 0.3) is 33.4 Å². The molecule has 0 atom stereocenters. The van der Waals surface area contributed by atoms with E-state index in [0.717, 1.165) is 37.8 Å². The van der Waals surface area contributed by atoms with Gasteiger partial charge in [0.25, 0.3) is 0 Å². The second-order valence-corrected chi connectivity index (χ2v) is 17.1. The van der Waals surface area contributed by atoms with Crippen molar-refractivity contribution in [1.29, 1.82) is 0 Å². The molecule has 0 aliphatic heterocycles. The Labute approximate surface area is 367 Å². The van der Waals surface area contributed by atoms with Crippen LogP contribution in [0.2, 0.25) is 0 Å². The zero-order chi connectivity index (χ0) is 45.1. The van der Waals surface area contributed by atoms with Crippen molar-refractivity contribution in [1.82, 2.24) is 0 Å². The summed E-state index contributed by atoms with van der Waals surface area (Å²) in [6, 6.07) is 23.9. The Bertz CT molecular complexity index is 2470. The number of alkyl halides is 6. The predicted molar refractivity (Wildman–Crippen MR) is 233 cm³/mol. The number of ether oxygens (including phenoxy) is 4. The van der Waals surface area contributed by atoms with Gasteiger partial charge in [-0.25, -0.2) is 8.78 Å². The molecule has 0 unspecified atom stereocenters. The molecule has 0 bridgehead atoms. The molecule has 1 aliphatic rings. The maximum absolute atomic E-state index is 15.8. The summed E-state index contributed by atoms with van der Waals surface area (Å²) in [6.07, 6.45) is 6.84. The molecule has 2 heterocycles. The highest BCUT2D eigenvalue weighted by atomic mass is 32.1. The van der Waals surface area contributed by atoms with Gasteiger partial charge in [-0.15, -0.1) is 35.8 Å². The van der Waals surface area contributed by atoms with Gasteiger partial charge in [-0.1, -0.05) is 48.6 Å². The zero-order valence-corrected chi connectivity index (χ0v) is 35.7. The van der Waals surface area contributed by atoms with E-state index in [1.54, 1.807) is 72.8 Å². The number of hydrogen-bond acceptors (Lipinski definition) is 6. The lowest BCUT2D eigenvalue weighted by atomic mass is 9.95. The first-order chi connectivity index (χ1) is 30.0. The highest BCUT2D eigenvalue weighted by Gasteiger charge is 2.80. The monoisotopic (exact) mass is 908 g/mol. The highest BCUT2D eigenvalue weighted by molar-refractivity contribution is 7.14. The first-order valence-electron chi connectivity index (χ1n) is 19.8. The molecule has 0 radical (unpaired) electrons. The van der Waals surface area contributed by atoms with Gasteiger partial charge in [0.05, 0.1) is 13.2 Å². The summed E-state index contributed by atoms with van der Waals surface area (Å²) >= 11 is 1.39. The number of aryl methyl sites for hydroxylation is 2. The van der Waals surface area contributed by atoms with E-state index in [1.165, 1.54) is 38.1 Å². The Balaban J connectivity index is 1.13. The van der Waals surface area contributed by atoms with E-state index in [-0.39, 0.29) is 31.4 Å². The quantitative estimate of drug-likeness (QED) is 0.0489. The van der Waals surface area contributed by atoms with E-state index in [9.17, 15) is 0 Å². The van der Waals surface area contributed by atoms with Gasteiger partial charge in [-0.3, -0.25) is 0 Å². The SMILES string of the molecule is C=CCCCOc1ccc(-c2ccc(Oc3cc(C4=C(c5cc(Oc6ccc(-c7ccc(OCCCC=C)cc7)cc6F)sc5C)C(F)(F)C(F)(F)C4(F)F)c(C)s3)c(F)c2)cc1. The van der Waals surface area contributed by atoms with Gasteiger partial charge >= 0.3 is 17.8 Å². The van der Waals surface area contributed by atoms with Crippen molar-refractivity contribution in [3.63, 3.8) is 0 Å². The van der Waals surface area contributed by atoms with E-state index in [4.69, 9.17) is 18.9 Å². The van der Waals surface area contributed by atoms with Crippen molar-refractivity contribution in [2.75, 3.05) is 13.2 Å². The number of benzene rings is 4. The third kappa shape index (κ3) is 9.15. The molecule has 0 saturated heterocycles. The van der Waals surface area contributed by atoms with Crippen molar-refractivity contribution < 1.29 is 54.1 Å². The number of rotatable bonds is 18. The lowest BCUT2D eigenvalue weighted by molar-refractivity contribution is -0.254. The summed E-state index contributed by atoms with van der Waals surface area (Å²) < 4.78 is 148. The molecule has 4 aromatic carbocycles. The van der Waals surface area contributed by atoms with Crippen LogP contribution < -0.4 is 18.9 Å². The third-order valence-electron chi connectivity index (χ3n) is 10.3. The predicted octanol–water partition coefficient (Wildman–Crippen LogP) is 16.1. The summed E-state index contributed by atoms with van der Waals surface area (Å²) in [5.74, 6) is -17.6. The fourth-order valence-electron chi connectivity index (χ4n) is 7.01. The summed E-state index contributed by atoms with van der Waals surface area (Å²) in [7, 11) is 0. The van der Waals surface area contributed by atoms with Crippen LogP contribution in [0.15, 0.2) is 122 Å². The maximum Gasteiger partial charge on any atom is 0.380 e. The van der Waals surface area contributed by atoms with Crippen LogP contribution in [-0.4, -0.2) is 31.0 Å². The summed E-state index contributed by atoms with van der Waals surface area (Å²) in [4.78, 5) is -0.126. The van der Waals surface area contributed by atoms with E-state index in [2.05, 4.69) is 13.2 Å². The topological polar surface area (TPSA) is 36.9 Å². The lowest BCUT2D eigenvalue weighted by Crippen LogP contribution is -2.48. The van der Waals surface area contributed by atoms with E-state index in [1.807, 2.05) is 0 Å². The average Bonchev–Trinajstić information content (AvgIpc) is 3.83. The van der Waals surface area contributed by atoms with Crippen LogP contribution >= 0.6 is 22.7 Å². The minimum absolute atomic E-state index is 0.0632. The maximum atomic E-state index is 15.8. The Hall–Kier alpha value is -5.86. The number of unbranched alkanes of at least 4 members (excludes halogenated alkanes) is 2. The fourth-order valence-corrected chi connectivity index (χ4v) is 8.77. The summed E-state index contributed by atoms with van der Waals surface area (Å²) in [5.41, 5.74) is -2.17. The lowest BCUT2D eigenvalue weighted by Gasteiger charge is -2.25. The van der Waals surface area contributed by atoms with Gasteiger partial charge in [-0.2, -0.15) is 26.3 Å². The molecule has 328 valence electrons. The fraction of sp³-hybridized carbons (Fsp3) is 0.224. The van der Waals surface area contributed by atoms with Crippen LogP contribution in [0.3, 0.4) is 0 Å². The van der Waals surface area contributed by atoms with Crippen LogP contribution in [0.1, 0.15) is 46.6 Å². The van der Waals surface area contributed by atoms with Crippen molar-refractivity contribution in [3.05, 3.63) is 155 Å². The Morgan fingerprint density at radius 1 is 0.524 bits per heavy atom. The highest BCUT2D eigenvalue weighted by Crippen LogP contribution is 2.66. The smallest absolute Gasteiger partial charge is 0.380 e. The zero-order valence-electron chi connectivity index (χ0n) is 34.0. The molecular formula is C49H40F8O4S2. The van der Waals surface area contributed by atoms with Crippen LogP contribution in [0, 0.1) is 25.5 Å². The number of hydrogen-bond donors (Lipinski definition) is 0. The normalized spacial score (nSPS) is 15.0. The van der Waals surface area contributed by atoms with Crippen LogP contribution in [0.4, 0.5) is 35.1 Å². The van der Waals surface area contributed by atoms with Crippen LogP contribution in [-0.2, 0) is 0 Å². The first-order valence-corrected chi connectivity index (χ1v) is 21.4. The van der Waals surface area contributed by atoms with Crippen molar-refractivity contribution in [2.45, 2.75) is 57.3 Å². The van der Waals surface area contributed by atoms with E-state index < -0.39 is 51.7 Å². The number of allylic oxidation sites excluding steroid dienone is 4. The molecule has 0 fully saturated rings. The van der Waals surface area contributed by atoms with Gasteiger partial charge in [0.15, 0.2) is 33.3 Å². The van der Waals surface area contributed by atoms with Crippen molar-refractivity contribution in [2.24, 2.45) is 0 Å². The Morgan fingerprint density at radius 3 is 1.24 bits per heavy atom. The molecule has 0 N–H and O–H groups in total. The molecule has 4 nitrogen and oxygen atoms in total. The largest absolute Gasteiger partial charge is 0.494 e. The number of halogens is 8. The standard InChI is InChI=1S/C49H40F8O4S2/c1-5-7-9-23-58-35-17-11-31(12-18-35)33-15-21-41(39(50)25-33)60-43-27-37(29(3)62-43)45-46(48(54,55)49(56,57)47(45,52)53)38-28-44(63-30(38)4)61-42-22-16-34(26-40(42)51)32-13-19-36(20-14-32)59-24-10-8-6-2/h5-6,11-22,25-28H,1-2,7-10,23-24H2,3-4H3. The second-order valence-electron chi connectivity index (χ2n) is 14.6. The third-order valence-corrected chi connectivity index (χ3v) is 12.2. The first kappa shape index (κ1) is 45.2. The second kappa shape index (κ2) is 18.5. The van der Waals surface area contributed by atoms with Crippen molar-refractivity contribution >= 4 is 33.8 Å². The molecule has 7 rings (SSSR count). The molecular weight excluding hydrogens is 869 g/mol. The average molecular weight is 909 g/mol.